The van der Waals surface area contributed by atoms with Crippen LogP contribution in [-0.4, -0.2) is 36.3 Å². The summed E-state index contributed by atoms with van der Waals surface area (Å²) in [6, 6.07) is 7.19. The zero-order chi connectivity index (χ0) is 27.4. The van der Waals surface area contributed by atoms with Gasteiger partial charge in [-0.25, -0.2) is 9.37 Å². The molecule has 3 aliphatic rings. The Morgan fingerprint density at radius 3 is 2.42 bits per heavy atom. The number of carbonyl (C=O) groups is 2. The molecular formula is C27H31FN6O4. The fourth-order valence-corrected chi connectivity index (χ4v) is 5.31. The molecule has 1 saturated carbocycles. The predicted octanol–water partition coefficient (Wildman–Crippen LogP) is 2.80. The molecule has 0 spiro atoms. The summed E-state index contributed by atoms with van der Waals surface area (Å²) in [7, 11) is 1.71. The Kier molecular flexibility index (Phi) is 6.12. The van der Waals surface area contributed by atoms with E-state index in [0.717, 1.165) is 5.69 Å². The van der Waals surface area contributed by atoms with Crippen molar-refractivity contribution in [3.8, 4) is 5.75 Å². The first-order valence-corrected chi connectivity index (χ1v) is 12.7. The van der Waals surface area contributed by atoms with Gasteiger partial charge in [0.05, 0.1) is 11.2 Å². The fourth-order valence-electron chi connectivity index (χ4n) is 5.31. The van der Waals surface area contributed by atoms with Crippen molar-refractivity contribution in [2.45, 2.75) is 70.0 Å². The van der Waals surface area contributed by atoms with E-state index in [0.29, 0.717) is 36.9 Å². The van der Waals surface area contributed by atoms with Gasteiger partial charge in [0, 0.05) is 25.0 Å². The van der Waals surface area contributed by atoms with Gasteiger partial charge in [-0.05, 0) is 49.4 Å². The minimum Gasteiger partial charge on any atom is -0.501 e. The highest BCUT2D eigenvalue weighted by Crippen LogP contribution is 2.47. The number of aromatic hydroxyl groups is 1. The SMILES string of the molecule is Cn1nc(C(C)(C)C)cc1C(=O)NC12CCC(CC1)n1c2nc(C(=O)NCc2ccc(F)cc2)c(O)c1=O. The Labute approximate surface area is 218 Å². The number of amides is 2. The molecule has 1 aliphatic carbocycles. The maximum Gasteiger partial charge on any atom is 0.296 e. The molecule has 3 aromatic rings. The molecule has 10 nitrogen and oxygen atoms in total. The number of halogens is 1. The molecule has 2 aromatic heterocycles. The van der Waals surface area contributed by atoms with Crippen molar-refractivity contribution in [3.63, 3.8) is 0 Å². The monoisotopic (exact) mass is 522 g/mol. The average molecular weight is 523 g/mol. The normalized spacial score (nSPS) is 20.2. The third-order valence-corrected chi connectivity index (χ3v) is 7.51. The number of benzene rings is 1. The van der Waals surface area contributed by atoms with Crippen molar-refractivity contribution in [1.29, 1.82) is 0 Å². The minimum atomic E-state index is -0.975. The molecule has 2 aliphatic heterocycles. The first-order chi connectivity index (χ1) is 17.9. The molecule has 1 fully saturated rings. The molecule has 6 rings (SSSR count). The summed E-state index contributed by atoms with van der Waals surface area (Å²) in [6.45, 7) is 6.10. The summed E-state index contributed by atoms with van der Waals surface area (Å²) >= 11 is 0. The topological polar surface area (TPSA) is 131 Å². The summed E-state index contributed by atoms with van der Waals surface area (Å²) in [4.78, 5) is 44.2. The summed E-state index contributed by atoms with van der Waals surface area (Å²) in [5.74, 6) is -1.96. The summed E-state index contributed by atoms with van der Waals surface area (Å²) in [5.41, 5.74) is -0.538. The second-order valence-corrected chi connectivity index (χ2v) is 11.2. The molecule has 2 bridgehead atoms. The van der Waals surface area contributed by atoms with E-state index in [1.807, 2.05) is 20.8 Å². The smallest absolute Gasteiger partial charge is 0.296 e. The number of nitrogens with zero attached hydrogens (tertiary/aromatic N) is 4. The Morgan fingerprint density at radius 1 is 1.16 bits per heavy atom. The largest absolute Gasteiger partial charge is 0.501 e. The predicted molar refractivity (Wildman–Crippen MR) is 136 cm³/mol. The lowest BCUT2D eigenvalue weighted by Gasteiger charge is -2.47. The first-order valence-electron chi connectivity index (χ1n) is 12.7. The molecule has 0 saturated heterocycles. The van der Waals surface area contributed by atoms with Gasteiger partial charge in [0.2, 0.25) is 5.75 Å². The van der Waals surface area contributed by atoms with Crippen LogP contribution in [0.4, 0.5) is 4.39 Å². The van der Waals surface area contributed by atoms with E-state index in [9.17, 15) is 23.9 Å². The van der Waals surface area contributed by atoms with E-state index in [-0.39, 0.29) is 29.7 Å². The van der Waals surface area contributed by atoms with Gasteiger partial charge in [0.1, 0.15) is 17.3 Å². The van der Waals surface area contributed by atoms with Crippen molar-refractivity contribution in [3.05, 3.63) is 75.0 Å². The van der Waals surface area contributed by atoms with Crippen molar-refractivity contribution in [2.24, 2.45) is 7.05 Å². The second-order valence-electron chi connectivity index (χ2n) is 11.2. The number of rotatable bonds is 5. The van der Waals surface area contributed by atoms with Gasteiger partial charge in [-0.1, -0.05) is 32.9 Å². The molecule has 11 heteroatoms. The quantitative estimate of drug-likeness (QED) is 0.472. The van der Waals surface area contributed by atoms with E-state index in [1.165, 1.54) is 33.5 Å². The zero-order valence-corrected chi connectivity index (χ0v) is 21.8. The fraction of sp³-hybridized carbons (Fsp3) is 0.444. The minimum absolute atomic E-state index is 0.0553. The van der Waals surface area contributed by atoms with Crippen LogP contribution >= 0.6 is 0 Å². The third-order valence-electron chi connectivity index (χ3n) is 7.51. The molecule has 3 N–H and O–H groups in total. The van der Waals surface area contributed by atoms with Crippen molar-refractivity contribution in [1.82, 2.24) is 30.0 Å². The van der Waals surface area contributed by atoms with E-state index >= 15 is 0 Å². The van der Waals surface area contributed by atoms with Gasteiger partial charge in [0.25, 0.3) is 17.4 Å². The molecule has 1 aromatic carbocycles. The molecule has 38 heavy (non-hydrogen) atoms. The number of fused-ring (bicyclic) bond motifs is 2. The van der Waals surface area contributed by atoms with E-state index < -0.39 is 34.3 Å². The van der Waals surface area contributed by atoms with Crippen LogP contribution in [0.5, 0.6) is 5.75 Å². The van der Waals surface area contributed by atoms with Crippen LogP contribution in [0.15, 0.2) is 35.1 Å². The van der Waals surface area contributed by atoms with Gasteiger partial charge in [-0.2, -0.15) is 5.10 Å². The lowest BCUT2D eigenvalue weighted by Crippen LogP contribution is -2.57. The third kappa shape index (κ3) is 4.35. The van der Waals surface area contributed by atoms with Gasteiger partial charge in [-0.3, -0.25) is 23.6 Å². The van der Waals surface area contributed by atoms with Crippen LogP contribution in [0.25, 0.3) is 0 Å². The van der Waals surface area contributed by atoms with E-state index in [2.05, 4.69) is 20.7 Å². The molecular weight excluding hydrogens is 491 g/mol. The highest BCUT2D eigenvalue weighted by Gasteiger charge is 2.49. The average Bonchev–Trinajstić information content (AvgIpc) is 3.28. The highest BCUT2D eigenvalue weighted by molar-refractivity contribution is 5.95. The first kappa shape index (κ1) is 25.6. The lowest BCUT2D eigenvalue weighted by molar-refractivity contribution is 0.0735. The number of hydrogen-bond donors (Lipinski definition) is 3. The van der Waals surface area contributed by atoms with Crippen LogP contribution in [0.3, 0.4) is 0 Å². The van der Waals surface area contributed by atoms with Crippen LogP contribution in [0.2, 0.25) is 0 Å². The van der Waals surface area contributed by atoms with Gasteiger partial charge >= 0.3 is 0 Å². The van der Waals surface area contributed by atoms with Crippen molar-refractivity contribution >= 4 is 11.8 Å². The van der Waals surface area contributed by atoms with Crippen LogP contribution in [-0.2, 0) is 24.5 Å². The van der Waals surface area contributed by atoms with Gasteiger partial charge < -0.3 is 15.7 Å². The van der Waals surface area contributed by atoms with Crippen LogP contribution in [0, 0.1) is 5.82 Å². The Hall–Kier alpha value is -4.02. The van der Waals surface area contributed by atoms with Crippen LogP contribution < -0.4 is 16.2 Å². The molecule has 200 valence electrons. The molecule has 4 heterocycles. The lowest BCUT2D eigenvalue weighted by atomic mass is 9.74. The van der Waals surface area contributed by atoms with E-state index in [4.69, 9.17) is 0 Å². The Bertz CT molecular complexity index is 1480. The van der Waals surface area contributed by atoms with Crippen molar-refractivity contribution in [2.75, 3.05) is 0 Å². The number of nitrogens with one attached hydrogen (secondary N) is 2. The Balaban J connectivity index is 1.47. The van der Waals surface area contributed by atoms with Gasteiger partial charge in [0.15, 0.2) is 5.69 Å². The molecule has 0 radical (unpaired) electrons. The van der Waals surface area contributed by atoms with Crippen molar-refractivity contribution < 1.29 is 19.1 Å². The Morgan fingerprint density at radius 2 is 1.82 bits per heavy atom. The zero-order valence-electron chi connectivity index (χ0n) is 21.8. The summed E-state index contributed by atoms with van der Waals surface area (Å²) < 4.78 is 16.1. The number of aromatic nitrogens is 4. The molecule has 2 amide bonds. The van der Waals surface area contributed by atoms with Crippen LogP contribution in [0.1, 0.15) is 90.6 Å². The highest BCUT2D eigenvalue weighted by atomic mass is 19.1. The maximum atomic E-state index is 13.5. The second kappa shape index (κ2) is 9.07. The number of aryl methyl sites for hydroxylation is 1. The maximum absolute atomic E-state index is 13.5. The number of hydrogen-bond acceptors (Lipinski definition) is 6. The standard InChI is InChI=1S/C27H31FN6O4/c1-26(2,3)19-13-18(33(4)32-19)22(36)31-27-11-9-17(10-12-27)34-24(38)21(35)20(30-25(27)34)23(37)29-14-15-5-7-16(28)8-6-15/h5-8,13,17,35H,9-12,14H2,1-4H3,(H,29,37)(H,31,36). The summed E-state index contributed by atoms with van der Waals surface area (Å²) in [5, 5.41) is 20.9. The van der Waals surface area contributed by atoms with Gasteiger partial charge in [-0.15, -0.1) is 0 Å². The number of carbonyl (C=O) groups excluding carboxylic acids is 2. The van der Waals surface area contributed by atoms with E-state index in [1.54, 1.807) is 13.1 Å². The molecule has 0 atom stereocenters. The summed E-state index contributed by atoms with van der Waals surface area (Å²) in [6.07, 6.45) is 2.34. The molecule has 0 unspecified atom stereocenters.